The van der Waals surface area contributed by atoms with Crippen molar-refractivity contribution in [1.29, 1.82) is 0 Å². The van der Waals surface area contributed by atoms with Gasteiger partial charge < -0.3 is 19.3 Å². The van der Waals surface area contributed by atoms with E-state index in [-0.39, 0.29) is 17.9 Å². The van der Waals surface area contributed by atoms with Crippen molar-refractivity contribution in [3.63, 3.8) is 0 Å². The Bertz CT molecular complexity index is 437. The molecule has 0 aromatic carbocycles. The Morgan fingerprint density at radius 2 is 2.19 bits per heavy atom. The molecule has 1 aliphatic heterocycles. The average molecular weight is 296 g/mol. The summed E-state index contributed by atoms with van der Waals surface area (Å²) in [6.07, 6.45) is 6.32. The highest BCUT2D eigenvalue weighted by Gasteiger charge is 2.36. The highest BCUT2D eigenvalue weighted by molar-refractivity contribution is 5.76. The molecule has 1 atom stereocenters. The highest BCUT2D eigenvalue weighted by atomic mass is 16.5. The third kappa shape index (κ3) is 4.25. The van der Waals surface area contributed by atoms with Gasteiger partial charge in [-0.15, -0.1) is 10.2 Å². The third-order valence-electron chi connectivity index (χ3n) is 4.24. The van der Waals surface area contributed by atoms with E-state index in [2.05, 4.69) is 10.2 Å². The van der Waals surface area contributed by atoms with Crippen LogP contribution in [-0.4, -0.2) is 64.1 Å². The van der Waals surface area contributed by atoms with E-state index < -0.39 is 0 Å². The van der Waals surface area contributed by atoms with Crippen LogP contribution < -0.4 is 0 Å². The molecular weight excluding hydrogens is 272 g/mol. The lowest BCUT2D eigenvalue weighted by molar-refractivity contribution is -0.136. The number of aryl methyl sites for hydroxylation is 1. The molecule has 1 unspecified atom stereocenters. The second kappa shape index (κ2) is 7.51. The molecule has 118 valence electrons. The SMILES string of the molecule is COCCC1(CO)CCCN(C(=O)CCn2cnnc2)C1. The molecule has 0 saturated carbocycles. The summed E-state index contributed by atoms with van der Waals surface area (Å²) in [6, 6.07) is 0. The monoisotopic (exact) mass is 296 g/mol. The molecule has 1 aliphatic rings. The average Bonchev–Trinajstić information content (AvgIpc) is 3.04. The van der Waals surface area contributed by atoms with Crippen LogP contribution in [0.15, 0.2) is 12.7 Å². The maximum atomic E-state index is 12.3. The molecule has 0 bridgehead atoms. The molecule has 0 radical (unpaired) electrons. The number of hydrogen-bond acceptors (Lipinski definition) is 5. The molecule has 21 heavy (non-hydrogen) atoms. The Hall–Kier alpha value is -1.47. The summed E-state index contributed by atoms with van der Waals surface area (Å²) in [6.45, 7) is 2.70. The van der Waals surface area contributed by atoms with Crippen molar-refractivity contribution in [3.05, 3.63) is 12.7 Å². The van der Waals surface area contributed by atoms with E-state index in [0.717, 1.165) is 25.8 Å². The Labute approximate surface area is 124 Å². The second-order valence-electron chi connectivity index (χ2n) is 5.77. The first-order valence-electron chi connectivity index (χ1n) is 7.39. The van der Waals surface area contributed by atoms with Crippen LogP contribution in [0.4, 0.5) is 0 Å². The number of aliphatic hydroxyl groups excluding tert-OH is 1. The largest absolute Gasteiger partial charge is 0.396 e. The van der Waals surface area contributed by atoms with E-state index in [1.807, 2.05) is 4.90 Å². The second-order valence-corrected chi connectivity index (χ2v) is 5.77. The summed E-state index contributed by atoms with van der Waals surface area (Å²) in [5.41, 5.74) is -0.208. The first-order chi connectivity index (χ1) is 10.2. The Morgan fingerprint density at radius 3 is 2.86 bits per heavy atom. The molecule has 1 N–H and O–H groups in total. The Balaban J connectivity index is 1.88. The molecule has 0 aliphatic carbocycles. The van der Waals surface area contributed by atoms with Crippen LogP contribution in [-0.2, 0) is 16.1 Å². The third-order valence-corrected chi connectivity index (χ3v) is 4.24. The number of methoxy groups -OCH3 is 1. The van der Waals surface area contributed by atoms with Gasteiger partial charge in [-0.1, -0.05) is 0 Å². The van der Waals surface area contributed by atoms with Gasteiger partial charge >= 0.3 is 0 Å². The van der Waals surface area contributed by atoms with Crippen molar-refractivity contribution in [1.82, 2.24) is 19.7 Å². The zero-order valence-corrected chi connectivity index (χ0v) is 12.6. The van der Waals surface area contributed by atoms with Gasteiger partial charge in [0.05, 0.1) is 6.61 Å². The van der Waals surface area contributed by atoms with Crippen LogP contribution >= 0.6 is 0 Å². The van der Waals surface area contributed by atoms with Gasteiger partial charge in [0.15, 0.2) is 0 Å². The quantitative estimate of drug-likeness (QED) is 0.783. The van der Waals surface area contributed by atoms with Crippen molar-refractivity contribution < 1.29 is 14.6 Å². The predicted octanol–water partition coefficient (Wildman–Crippen LogP) is 0.306. The number of hydrogen-bond donors (Lipinski definition) is 1. The number of ether oxygens (including phenoxy) is 1. The first kappa shape index (κ1) is 15.9. The lowest BCUT2D eigenvalue weighted by atomic mass is 9.78. The molecule has 7 nitrogen and oxygen atoms in total. The first-order valence-corrected chi connectivity index (χ1v) is 7.39. The molecule has 1 fully saturated rings. The smallest absolute Gasteiger partial charge is 0.224 e. The van der Waals surface area contributed by atoms with Crippen molar-refractivity contribution >= 4 is 5.91 Å². The van der Waals surface area contributed by atoms with Gasteiger partial charge in [0, 0.05) is 45.2 Å². The maximum absolute atomic E-state index is 12.3. The number of piperidine rings is 1. The molecule has 2 heterocycles. The van der Waals surface area contributed by atoms with E-state index >= 15 is 0 Å². The summed E-state index contributed by atoms with van der Waals surface area (Å²) >= 11 is 0. The van der Waals surface area contributed by atoms with Gasteiger partial charge in [-0.05, 0) is 19.3 Å². The lowest BCUT2D eigenvalue weighted by Gasteiger charge is -2.42. The fraction of sp³-hybridized carbons (Fsp3) is 0.786. The van der Waals surface area contributed by atoms with E-state index in [9.17, 15) is 9.90 Å². The zero-order chi connectivity index (χ0) is 15.1. The van der Waals surface area contributed by atoms with Crippen molar-refractivity contribution in [2.24, 2.45) is 5.41 Å². The van der Waals surface area contributed by atoms with Gasteiger partial charge in [-0.2, -0.15) is 0 Å². The van der Waals surface area contributed by atoms with Gasteiger partial charge in [0.25, 0.3) is 0 Å². The van der Waals surface area contributed by atoms with E-state index in [1.54, 1.807) is 24.3 Å². The van der Waals surface area contributed by atoms with Crippen LogP contribution in [0.25, 0.3) is 0 Å². The van der Waals surface area contributed by atoms with Crippen LogP contribution in [0.1, 0.15) is 25.7 Å². The van der Waals surface area contributed by atoms with E-state index in [1.165, 1.54) is 0 Å². The topological polar surface area (TPSA) is 80.5 Å². The standard InChI is InChI=1S/C14H24N4O3/c1-21-8-5-14(10-19)4-2-6-18(9-14)13(20)3-7-17-11-15-16-12-17/h11-12,19H,2-10H2,1H3. The molecule has 1 saturated heterocycles. The molecular formula is C14H24N4O3. The number of aliphatic hydroxyl groups is 1. The lowest BCUT2D eigenvalue weighted by Crippen LogP contribution is -2.48. The van der Waals surface area contributed by atoms with Crippen molar-refractivity contribution in [3.8, 4) is 0 Å². The van der Waals surface area contributed by atoms with Crippen LogP contribution in [0, 0.1) is 5.41 Å². The van der Waals surface area contributed by atoms with Gasteiger partial charge in [-0.3, -0.25) is 4.79 Å². The number of nitrogens with zero attached hydrogens (tertiary/aromatic N) is 4. The minimum absolute atomic E-state index is 0.103. The highest BCUT2D eigenvalue weighted by Crippen LogP contribution is 2.33. The van der Waals surface area contributed by atoms with Gasteiger partial charge in [0.1, 0.15) is 12.7 Å². The molecule has 1 aromatic heterocycles. The number of likely N-dealkylation sites (tertiary alicyclic amines) is 1. The molecule has 1 amide bonds. The Morgan fingerprint density at radius 1 is 1.43 bits per heavy atom. The summed E-state index contributed by atoms with van der Waals surface area (Å²) in [5, 5.41) is 17.2. The molecule has 1 aromatic rings. The van der Waals surface area contributed by atoms with E-state index in [4.69, 9.17) is 4.74 Å². The van der Waals surface area contributed by atoms with Gasteiger partial charge in [0.2, 0.25) is 5.91 Å². The summed E-state index contributed by atoms with van der Waals surface area (Å²) in [5.74, 6) is 0.124. The summed E-state index contributed by atoms with van der Waals surface area (Å²) < 4.78 is 6.93. The van der Waals surface area contributed by atoms with Crippen molar-refractivity contribution in [2.45, 2.75) is 32.2 Å². The molecule has 2 rings (SSSR count). The maximum Gasteiger partial charge on any atom is 0.224 e. The number of rotatable bonds is 7. The number of aromatic nitrogens is 3. The van der Waals surface area contributed by atoms with Crippen molar-refractivity contribution in [2.75, 3.05) is 33.4 Å². The number of carbonyl (C=O) groups excluding carboxylic acids is 1. The zero-order valence-electron chi connectivity index (χ0n) is 12.6. The molecule has 7 heteroatoms. The molecule has 0 spiro atoms. The fourth-order valence-electron chi connectivity index (χ4n) is 2.87. The Kier molecular flexibility index (Phi) is 5.69. The summed E-state index contributed by atoms with van der Waals surface area (Å²) in [7, 11) is 1.66. The van der Waals surface area contributed by atoms with E-state index in [0.29, 0.717) is 26.1 Å². The fourth-order valence-corrected chi connectivity index (χ4v) is 2.87. The van der Waals surface area contributed by atoms with Crippen LogP contribution in [0.3, 0.4) is 0 Å². The normalized spacial score (nSPS) is 22.5. The minimum Gasteiger partial charge on any atom is -0.396 e. The number of carbonyl (C=O) groups is 1. The predicted molar refractivity (Wildman–Crippen MR) is 76.5 cm³/mol. The van der Waals surface area contributed by atoms with Gasteiger partial charge in [-0.25, -0.2) is 0 Å². The minimum atomic E-state index is -0.208. The summed E-state index contributed by atoms with van der Waals surface area (Å²) in [4.78, 5) is 14.2. The van der Waals surface area contributed by atoms with Crippen LogP contribution in [0.2, 0.25) is 0 Å². The number of amides is 1. The van der Waals surface area contributed by atoms with Crippen LogP contribution in [0.5, 0.6) is 0 Å².